The van der Waals surface area contributed by atoms with E-state index in [0.717, 1.165) is 17.3 Å². The molecular formula is C14H15N5O3. The van der Waals surface area contributed by atoms with Crippen molar-refractivity contribution in [1.29, 1.82) is 0 Å². The molecule has 1 heterocycles. The second-order valence-corrected chi connectivity index (χ2v) is 4.74. The molecule has 0 radical (unpaired) electrons. The maximum absolute atomic E-state index is 11.8. The lowest BCUT2D eigenvalue weighted by Crippen LogP contribution is -2.33. The van der Waals surface area contributed by atoms with Crippen molar-refractivity contribution in [3.8, 4) is 0 Å². The largest absolute Gasteiger partial charge is 0.337 e. The van der Waals surface area contributed by atoms with Crippen molar-refractivity contribution in [2.75, 3.05) is 10.7 Å². The van der Waals surface area contributed by atoms with Crippen LogP contribution in [0.15, 0.2) is 36.5 Å². The van der Waals surface area contributed by atoms with Crippen molar-refractivity contribution in [3.05, 3.63) is 57.8 Å². The Morgan fingerprint density at radius 2 is 1.86 bits per heavy atom. The first kappa shape index (κ1) is 15.2. The summed E-state index contributed by atoms with van der Waals surface area (Å²) in [5.74, 6) is 0.293. The Hall–Kier alpha value is -3.16. The van der Waals surface area contributed by atoms with Gasteiger partial charge in [-0.25, -0.2) is 9.78 Å². The van der Waals surface area contributed by atoms with Crippen LogP contribution in [0.4, 0.5) is 22.0 Å². The van der Waals surface area contributed by atoms with Crippen LogP contribution in [0.5, 0.6) is 0 Å². The van der Waals surface area contributed by atoms with E-state index in [4.69, 9.17) is 0 Å². The number of hydrogen-bond donors (Lipinski definition) is 3. The Morgan fingerprint density at radius 1 is 1.18 bits per heavy atom. The molecular weight excluding hydrogens is 286 g/mol. The number of aromatic nitrogens is 1. The van der Waals surface area contributed by atoms with Crippen molar-refractivity contribution in [2.45, 2.75) is 13.8 Å². The minimum Gasteiger partial charge on any atom is -0.307 e. The van der Waals surface area contributed by atoms with Crippen molar-refractivity contribution >= 4 is 23.2 Å². The predicted molar refractivity (Wildman–Crippen MR) is 82.6 cm³/mol. The van der Waals surface area contributed by atoms with E-state index in [9.17, 15) is 14.9 Å². The van der Waals surface area contributed by atoms with Crippen LogP contribution in [0, 0.1) is 24.0 Å². The van der Waals surface area contributed by atoms with Crippen LogP contribution < -0.4 is 16.2 Å². The summed E-state index contributed by atoms with van der Waals surface area (Å²) < 4.78 is 0. The number of nitro groups is 1. The predicted octanol–water partition coefficient (Wildman–Crippen LogP) is 2.76. The highest BCUT2D eigenvalue weighted by Gasteiger charge is 2.06. The molecule has 114 valence electrons. The molecule has 0 aliphatic heterocycles. The molecule has 2 rings (SSSR count). The maximum atomic E-state index is 11.8. The first-order valence-corrected chi connectivity index (χ1v) is 6.46. The normalized spacial score (nSPS) is 9.91. The summed E-state index contributed by atoms with van der Waals surface area (Å²) in [6, 6.07) is 7.91. The number of anilines is 2. The van der Waals surface area contributed by atoms with Crippen LogP contribution in [0.1, 0.15) is 11.1 Å². The van der Waals surface area contributed by atoms with Crippen LogP contribution in [0.2, 0.25) is 0 Å². The fraction of sp³-hybridized carbons (Fsp3) is 0.143. The van der Waals surface area contributed by atoms with E-state index in [-0.39, 0.29) is 5.69 Å². The zero-order valence-electron chi connectivity index (χ0n) is 12.1. The van der Waals surface area contributed by atoms with Gasteiger partial charge in [0.2, 0.25) is 0 Å². The molecule has 3 N–H and O–H groups in total. The van der Waals surface area contributed by atoms with Crippen molar-refractivity contribution in [2.24, 2.45) is 0 Å². The Labute approximate surface area is 126 Å². The number of carbonyl (C=O) groups is 1. The fourth-order valence-corrected chi connectivity index (χ4v) is 1.90. The fourth-order valence-electron chi connectivity index (χ4n) is 1.90. The monoisotopic (exact) mass is 301 g/mol. The van der Waals surface area contributed by atoms with Gasteiger partial charge in [-0.3, -0.25) is 21.0 Å². The van der Waals surface area contributed by atoms with E-state index in [0.29, 0.717) is 11.5 Å². The molecule has 8 heteroatoms. The second-order valence-electron chi connectivity index (χ2n) is 4.74. The first-order valence-electron chi connectivity index (χ1n) is 6.46. The van der Waals surface area contributed by atoms with E-state index in [1.54, 1.807) is 0 Å². The van der Waals surface area contributed by atoms with E-state index < -0.39 is 11.0 Å². The molecule has 0 aliphatic rings. The van der Waals surface area contributed by atoms with Crippen molar-refractivity contribution in [1.82, 2.24) is 10.4 Å². The summed E-state index contributed by atoms with van der Waals surface area (Å²) in [5, 5.41) is 13.2. The number of rotatable bonds is 4. The number of nitrogens with zero attached hydrogens (tertiary/aromatic N) is 2. The standard InChI is InChI=1S/C14H15N5O3/c1-9-5-10(2)7-11(6-9)16-14(20)18-17-13-4-3-12(8-15-13)19(21)22/h3-8H,1-2H3,(H,15,17)(H2,16,18,20). The highest BCUT2D eigenvalue weighted by Crippen LogP contribution is 2.14. The molecule has 0 saturated carbocycles. The SMILES string of the molecule is Cc1cc(C)cc(NC(=O)NNc2ccc([N+](=O)[O-])cn2)c1. The zero-order valence-corrected chi connectivity index (χ0v) is 12.1. The molecule has 1 aromatic heterocycles. The summed E-state index contributed by atoms with van der Waals surface area (Å²) in [5.41, 5.74) is 7.61. The summed E-state index contributed by atoms with van der Waals surface area (Å²) in [6.45, 7) is 3.88. The zero-order chi connectivity index (χ0) is 16.1. The molecule has 0 bridgehead atoms. The summed E-state index contributed by atoms with van der Waals surface area (Å²) in [7, 11) is 0. The third kappa shape index (κ3) is 4.17. The van der Waals surface area contributed by atoms with Gasteiger partial charge in [0.25, 0.3) is 5.69 Å². The molecule has 0 unspecified atom stereocenters. The molecule has 1 aromatic carbocycles. The number of hydrazine groups is 1. The number of pyridine rings is 1. The summed E-state index contributed by atoms with van der Waals surface area (Å²) in [6.07, 6.45) is 1.10. The molecule has 8 nitrogen and oxygen atoms in total. The molecule has 0 saturated heterocycles. The van der Waals surface area contributed by atoms with Crippen LogP contribution in [0.25, 0.3) is 0 Å². The topological polar surface area (TPSA) is 109 Å². The van der Waals surface area contributed by atoms with Gasteiger partial charge in [-0.1, -0.05) is 6.07 Å². The number of benzene rings is 1. The molecule has 0 aliphatic carbocycles. The van der Waals surface area contributed by atoms with E-state index in [1.807, 2.05) is 32.0 Å². The minimum absolute atomic E-state index is 0.120. The number of nitrogens with one attached hydrogen (secondary N) is 3. The quantitative estimate of drug-likeness (QED) is 0.594. The second kappa shape index (κ2) is 6.53. The Bertz CT molecular complexity index is 680. The minimum atomic E-state index is -0.545. The van der Waals surface area contributed by atoms with Crippen LogP contribution in [-0.4, -0.2) is 15.9 Å². The molecule has 2 amide bonds. The maximum Gasteiger partial charge on any atom is 0.337 e. The lowest BCUT2D eigenvalue weighted by Gasteiger charge is -2.10. The highest BCUT2D eigenvalue weighted by molar-refractivity contribution is 5.90. The number of amides is 2. The summed E-state index contributed by atoms with van der Waals surface area (Å²) >= 11 is 0. The summed E-state index contributed by atoms with van der Waals surface area (Å²) in [4.78, 5) is 25.5. The molecule has 0 atom stereocenters. The Morgan fingerprint density at radius 3 is 2.41 bits per heavy atom. The van der Waals surface area contributed by atoms with Gasteiger partial charge in [-0.05, 0) is 43.2 Å². The number of urea groups is 1. The van der Waals surface area contributed by atoms with Gasteiger partial charge >= 0.3 is 6.03 Å². The van der Waals surface area contributed by atoms with Crippen molar-refractivity contribution < 1.29 is 9.72 Å². The van der Waals surface area contributed by atoms with Gasteiger partial charge in [-0.15, -0.1) is 0 Å². The lowest BCUT2D eigenvalue weighted by molar-refractivity contribution is -0.385. The number of hydrogen-bond acceptors (Lipinski definition) is 5. The average molecular weight is 301 g/mol. The molecule has 2 aromatic rings. The third-order valence-electron chi connectivity index (χ3n) is 2.74. The van der Waals surface area contributed by atoms with Crippen LogP contribution in [0.3, 0.4) is 0 Å². The van der Waals surface area contributed by atoms with Crippen molar-refractivity contribution in [3.63, 3.8) is 0 Å². The van der Waals surface area contributed by atoms with Gasteiger partial charge < -0.3 is 5.32 Å². The van der Waals surface area contributed by atoms with Gasteiger partial charge in [0.05, 0.1) is 4.92 Å². The lowest BCUT2D eigenvalue weighted by atomic mass is 10.1. The van der Waals surface area contributed by atoms with Crippen LogP contribution >= 0.6 is 0 Å². The van der Waals surface area contributed by atoms with E-state index in [2.05, 4.69) is 21.2 Å². The van der Waals surface area contributed by atoms with Gasteiger partial charge in [0, 0.05) is 11.8 Å². The Balaban J connectivity index is 1.91. The smallest absolute Gasteiger partial charge is 0.307 e. The van der Waals surface area contributed by atoms with Crippen LogP contribution in [-0.2, 0) is 0 Å². The average Bonchev–Trinajstić information content (AvgIpc) is 2.44. The molecule has 0 spiro atoms. The Kier molecular flexibility index (Phi) is 4.52. The van der Waals surface area contributed by atoms with Gasteiger partial charge in [-0.2, -0.15) is 0 Å². The first-order chi connectivity index (χ1) is 10.4. The molecule has 22 heavy (non-hydrogen) atoms. The third-order valence-corrected chi connectivity index (χ3v) is 2.74. The number of aryl methyl sites for hydroxylation is 2. The van der Waals surface area contributed by atoms with E-state index in [1.165, 1.54) is 12.1 Å². The van der Waals surface area contributed by atoms with Gasteiger partial charge in [0.15, 0.2) is 0 Å². The van der Waals surface area contributed by atoms with Gasteiger partial charge in [0.1, 0.15) is 12.0 Å². The highest BCUT2D eigenvalue weighted by atomic mass is 16.6. The van der Waals surface area contributed by atoms with E-state index >= 15 is 0 Å². The number of carbonyl (C=O) groups excluding carboxylic acids is 1. The molecule has 0 fully saturated rings.